The molecule has 6 nitrogen and oxygen atoms in total. The van der Waals surface area contributed by atoms with Crippen LogP contribution in [-0.4, -0.2) is 24.5 Å². The van der Waals surface area contributed by atoms with E-state index in [4.69, 9.17) is 10.00 Å². The average molecular weight is 348 g/mol. The van der Waals surface area contributed by atoms with Crippen molar-refractivity contribution >= 4 is 17.6 Å². The number of para-hydroxylation sites is 1. The van der Waals surface area contributed by atoms with Crippen LogP contribution < -0.4 is 10.6 Å². The van der Waals surface area contributed by atoms with Crippen molar-refractivity contribution in [3.63, 3.8) is 0 Å². The predicted octanol–water partition coefficient (Wildman–Crippen LogP) is 0.827. The van der Waals surface area contributed by atoms with Gasteiger partial charge >= 0.3 is 5.97 Å². The summed E-state index contributed by atoms with van der Waals surface area (Å²) in [5.74, 6) is -0.360. The number of carbonyl (C=O) groups is 2. The summed E-state index contributed by atoms with van der Waals surface area (Å²) in [5, 5.41) is 13.6. The second-order valence-corrected chi connectivity index (χ2v) is 6.75. The van der Waals surface area contributed by atoms with Gasteiger partial charge in [0.15, 0.2) is 6.04 Å². The van der Waals surface area contributed by atoms with Crippen LogP contribution >= 0.6 is 0 Å². The molecule has 0 radical (unpaired) electrons. The molecule has 2 aliphatic heterocycles. The van der Waals surface area contributed by atoms with Crippen molar-refractivity contribution in [3.8, 4) is 6.07 Å². The first-order valence-corrected chi connectivity index (χ1v) is 8.52. The fourth-order valence-electron chi connectivity index (χ4n) is 3.78. The van der Waals surface area contributed by atoms with Crippen LogP contribution in [0.25, 0.3) is 0 Å². The van der Waals surface area contributed by atoms with E-state index < -0.39 is 11.5 Å². The summed E-state index contributed by atoms with van der Waals surface area (Å²) in [6.07, 6.45) is 0.433. The van der Waals surface area contributed by atoms with Gasteiger partial charge in [-0.1, -0.05) is 30.3 Å². The molecule has 1 saturated heterocycles. The van der Waals surface area contributed by atoms with Crippen molar-refractivity contribution in [2.24, 2.45) is 0 Å². The molecule has 0 aliphatic carbocycles. The first-order chi connectivity index (χ1) is 12.6. The summed E-state index contributed by atoms with van der Waals surface area (Å²) >= 11 is 0. The van der Waals surface area contributed by atoms with E-state index in [9.17, 15) is 9.59 Å². The molecular weight excluding hydrogens is 330 g/mol. The van der Waals surface area contributed by atoms with Crippen molar-refractivity contribution in [1.82, 2.24) is 0 Å². The maximum Gasteiger partial charge on any atom is 0.365 e. The van der Waals surface area contributed by atoms with Crippen molar-refractivity contribution < 1.29 is 19.6 Å². The molecule has 0 aromatic heterocycles. The molecule has 3 N–H and O–H groups in total. The molecule has 130 valence electrons. The molecule has 2 atom stereocenters. The first-order valence-electron chi connectivity index (χ1n) is 8.52. The fraction of sp³-hybridized carbons (Fsp3) is 0.250. The number of hydrogen-bond donors (Lipinski definition) is 2. The third-order valence-corrected chi connectivity index (χ3v) is 5.21. The van der Waals surface area contributed by atoms with Crippen LogP contribution in [0.5, 0.6) is 0 Å². The Morgan fingerprint density at radius 1 is 1.27 bits per heavy atom. The molecular formula is C20H18N3O3+. The Bertz CT molecular complexity index is 917. The fourth-order valence-corrected chi connectivity index (χ4v) is 3.78. The third-order valence-electron chi connectivity index (χ3n) is 5.21. The zero-order valence-electron chi connectivity index (χ0n) is 14.1. The Hall–Kier alpha value is -3.17. The summed E-state index contributed by atoms with van der Waals surface area (Å²) in [6.45, 7) is 0.692. The molecule has 1 fully saturated rings. The summed E-state index contributed by atoms with van der Waals surface area (Å²) < 4.78 is 5.43. The van der Waals surface area contributed by atoms with Crippen molar-refractivity contribution in [3.05, 3.63) is 65.2 Å². The van der Waals surface area contributed by atoms with Crippen LogP contribution in [0.3, 0.4) is 0 Å². The number of rotatable bonds is 3. The third kappa shape index (κ3) is 2.63. The van der Waals surface area contributed by atoms with Crippen LogP contribution in [-0.2, 0) is 26.3 Å². The van der Waals surface area contributed by atoms with Gasteiger partial charge in [-0.25, -0.2) is 4.79 Å². The second kappa shape index (κ2) is 6.28. The minimum absolute atomic E-state index is 0.0441. The zero-order valence-corrected chi connectivity index (χ0v) is 14.1. The number of anilines is 1. The van der Waals surface area contributed by atoms with E-state index in [-0.39, 0.29) is 18.5 Å². The number of ether oxygens (including phenoxy) is 1. The number of fused-ring (bicyclic) bond motifs is 2. The number of nitrogens with zero attached hydrogens (tertiary/aromatic N) is 1. The number of hydrogen-bond acceptors (Lipinski definition) is 4. The van der Waals surface area contributed by atoms with Gasteiger partial charge in [-0.15, -0.1) is 0 Å². The lowest BCUT2D eigenvalue weighted by Crippen LogP contribution is -2.89. The topological polar surface area (TPSA) is 95.8 Å². The number of nitrogens with two attached hydrogens (primary N) is 1. The Balaban J connectivity index is 1.43. The highest BCUT2D eigenvalue weighted by atomic mass is 16.5. The van der Waals surface area contributed by atoms with E-state index in [0.717, 1.165) is 16.8 Å². The van der Waals surface area contributed by atoms with E-state index in [1.165, 1.54) is 0 Å². The first kappa shape index (κ1) is 16.3. The largest absolute Gasteiger partial charge is 0.456 e. The van der Waals surface area contributed by atoms with Crippen molar-refractivity contribution in [2.45, 2.75) is 24.5 Å². The maximum absolute atomic E-state index is 12.6. The summed E-state index contributed by atoms with van der Waals surface area (Å²) in [6, 6.07) is 16.2. The van der Waals surface area contributed by atoms with Gasteiger partial charge < -0.3 is 15.4 Å². The van der Waals surface area contributed by atoms with E-state index in [0.29, 0.717) is 18.5 Å². The Morgan fingerprint density at radius 3 is 2.81 bits per heavy atom. The predicted molar refractivity (Wildman–Crippen MR) is 92.9 cm³/mol. The van der Waals surface area contributed by atoms with Gasteiger partial charge in [0.1, 0.15) is 12.0 Å². The van der Waals surface area contributed by atoms with E-state index in [1.807, 2.05) is 29.6 Å². The number of benzene rings is 2. The molecule has 0 bridgehead atoms. The zero-order chi connectivity index (χ0) is 18.1. The Kier molecular flexibility index (Phi) is 3.94. The maximum atomic E-state index is 12.6. The standard InChI is InChI=1S/C20H17N3O3/c21-10-13-5-7-14(8-6-13)11-26-18(24)17-9-20(12-22-17)15-3-1-2-4-16(15)23-19(20)25/h1-8,17,22H,9,11-12H2,(H,23,25)/p+1/t17-,20-/m1/s1. The van der Waals surface area contributed by atoms with Crippen molar-refractivity contribution in [2.75, 3.05) is 11.9 Å². The SMILES string of the molecule is N#Cc1ccc(COC(=O)[C@H]2C[C@]3(C[NH2+]2)C(=O)Nc2ccccc23)cc1. The molecule has 0 saturated carbocycles. The monoisotopic (exact) mass is 348 g/mol. The normalized spacial score (nSPS) is 23.3. The van der Waals surface area contributed by atoms with Crippen molar-refractivity contribution in [1.29, 1.82) is 5.26 Å². The molecule has 6 heteroatoms. The Morgan fingerprint density at radius 2 is 2.04 bits per heavy atom. The quantitative estimate of drug-likeness (QED) is 0.803. The summed E-state index contributed by atoms with van der Waals surface area (Å²) in [5.41, 5.74) is 2.53. The minimum atomic E-state index is -0.658. The van der Waals surface area contributed by atoms with Gasteiger partial charge in [0.2, 0.25) is 5.91 Å². The second-order valence-electron chi connectivity index (χ2n) is 6.75. The number of amides is 1. The van der Waals surface area contributed by atoms with E-state index in [2.05, 4.69) is 11.4 Å². The number of carbonyl (C=O) groups excluding carboxylic acids is 2. The van der Waals surface area contributed by atoms with Crippen LogP contribution in [0.2, 0.25) is 0 Å². The molecule has 26 heavy (non-hydrogen) atoms. The smallest absolute Gasteiger partial charge is 0.365 e. The van der Waals surface area contributed by atoms with Crippen LogP contribution in [0.1, 0.15) is 23.1 Å². The average Bonchev–Trinajstić information content (AvgIpc) is 3.24. The summed E-state index contributed by atoms with van der Waals surface area (Å²) in [7, 11) is 0. The lowest BCUT2D eigenvalue weighted by atomic mass is 9.79. The molecule has 0 unspecified atom stereocenters. The van der Waals surface area contributed by atoms with Gasteiger partial charge in [-0.3, -0.25) is 4.79 Å². The molecule has 1 spiro atoms. The minimum Gasteiger partial charge on any atom is -0.456 e. The van der Waals surface area contributed by atoms with Gasteiger partial charge in [-0.05, 0) is 29.3 Å². The van der Waals surface area contributed by atoms with E-state index >= 15 is 0 Å². The Labute approximate surface area is 150 Å². The van der Waals surface area contributed by atoms with Gasteiger partial charge in [0.05, 0.1) is 18.2 Å². The van der Waals surface area contributed by atoms with Gasteiger partial charge in [0.25, 0.3) is 0 Å². The number of nitriles is 1. The molecule has 2 aliphatic rings. The van der Waals surface area contributed by atoms with Crippen LogP contribution in [0.15, 0.2) is 48.5 Å². The number of nitrogens with one attached hydrogen (secondary N) is 1. The highest BCUT2D eigenvalue weighted by Crippen LogP contribution is 2.41. The lowest BCUT2D eigenvalue weighted by Gasteiger charge is -2.16. The molecule has 2 aromatic carbocycles. The summed E-state index contributed by atoms with van der Waals surface area (Å²) in [4.78, 5) is 25.0. The highest BCUT2D eigenvalue weighted by Gasteiger charge is 2.56. The molecule has 4 rings (SSSR count). The van der Waals surface area contributed by atoms with Gasteiger partial charge in [-0.2, -0.15) is 5.26 Å². The van der Waals surface area contributed by atoms with Gasteiger partial charge in [0, 0.05) is 12.1 Å². The van der Waals surface area contributed by atoms with E-state index in [1.54, 1.807) is 24.3 Å². The molecule has 1 amide bonds. The van der Waals surface area contributed by atoms with Crippen LogP contribution in [0.4, 0.5) is 5.69 Å². The molecule has 2 aromatic rings. The lowest BCUT2D eigenvalue weighted by molar-refractivity contribution is -0.661. The molecule has 2 heterocycles. The number of esters is 1. The van der Waals surface area contributed by atoms with Crippen LogP contribution in [0, 0.1) is 11.3 Å². The highest BCUT2D eigenvalue weighted by molar-refractivity contribution is 6.06. The number of quaternary nitrogens is 1.